The summed E-state index contributed by atoms with van der Waals surface area (Å²) < 4.78 is 0. The second-order valence-corrected chi connectivity index (χ2v) is 5.67. The van der Waals surface area contributed by atoms with Crippen molar-refractivity contribution in [2.45, 2.75) is 38.6 Å². The number of nitrogens with zero attached hydrogens (tertiary/aromatic N) is 3. The number of fused-ring (bicyclic) bond motifs is 1. The number of aromatic nitrogens is 3. The predicted octanol–water partition coefficient (Wildman–Crippen LogP) is 2.09. The van der Waals surface area contributed by atoms with E-state index in [9.17, 15) is 4.79 Å². The van der Waals surface area contributed by atoms with Crippen molar-refractivity contribution in [2.75, 3.05) is 11.1 Å². The third kappa shape index (κ3) is 2.79. The standard InChI is InChI=1S/C15H19N5O/c1-9-6-17-14(16)12-7-18-15(20-13(9)12)19-11-4-2-10(8-21)3-5-11/h6-8,10-11H,2-5H2,1H3,(H2,16,17)(H,18,19,20)/t10-,11-. The zero-order valence-corrected chi connectivity index (χ0v) is 12.0. The number of anilines is 2. The summed E-state index contributed by atoms with van der Waals surface area (Å²) in [5.41, 5.74) is 7.66. The number of carbonyl (C=O) groups excluding carboxylic acids is 1. The van der Waals surface area contributed by atoms with Crippen molar-refractivity contribution in [3.8, 4) is 0 Å². The highest BCUT2D eigenvalue weighted by Crippen LogP contribution is 2.25. The number of nitrogens with one attached hydrogen (secondary N) is 1. The summed E-state index contributed by atoms with van der Waals surface area (Å²) in [5.74, 6) is 1.29. The van der Waals surface area contributed by atoms with Gasteiger partial charge in [-0.2, -0.15) is 0 Å². The van der Waals surface area contributed by atoms with Crippen LogP contribution in [0, 0.1) is 12.8 Å². The van der Waals surface area contributed by atoms with Gasteiger partial charge < -0.3 is 15.8 Å². The number of nitrogen functional groups attached to an aromatic ring is 1. The Morgan fingerprint density at radius 1 is 1.24 bits per heavy atom. The molecule has 2 aromatic rings. The maximum atomic E-state index is 10.8. The Kier molecular flexibility index (Phi) is 3.68. The van der Waals surface area contributed by atoms with E-state index < -0.39 is 0 Å². The van der Waals surface area contributed by atoms with Gasteiger partial charge in [-0.05, 0) is 38.2 Å². The van der Waals surface area contributed by atoms with Crippen LogP contribution in [0.1, 0.15) is 31.2 Å². The van der Waals surface area contributed by atoms with Gasteiger partial charge in [0, 0.05) is 24.4 Å². The summed E-state index contributed by atoms with van der Waals surface area (Å²) >= 11 is 0. The minimum absolute atomic E-state index is 0.216. The number of hydrogen-bond donors (Lipinski definition) is 2. The SMILES string of the molecule is Cc1cnc(N)c2cnc(N[C@H]3CC[C@H](C=O)CC3)nc12. The van der Waals surface area contributed by atoms with E-state index in [1.54, 1.807) is 12.4 Å². The second-order valence-electron chi connectivity index (χ2n) is 5.67. The Balaban J connectivity index is 1.79. The van der Waals surface area contributed by atoms with Crippen LogP contribution < -0.4 is 11.1 Å². The molecule has 6 nitrogen and oxygen atoms in total. The number of aldehydes is 1. The molecule has 0 atom stereocenters. The van der Waals surface area contributed by atoms with Crippen molar-refractivity contribution < 1.29 is 4.79 Å². The van der Waals surface area contributed by atoms with Crippen molar-refractivity contribution in [1.82, 2.24) is 15.0 Å². The molecule has 1 saturated carbocycles. The zero-order chi connectivity index (χ0) is 14.8. The maximum Gasteiger partial charge on any atom is 0.223 e. The summed E-state index contributed by atoms with van der Waals surface area (Å²) in [4.78, 5) is 23.8. The molecule has 0 spiro atoms. The minimum atomic E-state index is 0.216. The highest BCUT2D eigenvalue weighted by molar-refractivity contribution is 5.89. The molecule has 0 aliphatic heterocycles. The van der Waals surface area contributed by atoms with Gasteiger partial charge >= 0.3 is 0 Å². The summed E-state index contributed by atoms with van der Waals surface area (Å²) in [6.45, 7) is 1.96. The number of hydrogen-bond acceptors (Lipinski definition) is 6. The molecule has 1 fully saturated rings. The lowest BCUT2D eigenvalue weighted by molar-refractivity contribution is -0.111. The topological polar surface area (TPSA) is 93.8 Å². The Hall–Kier alpha value is -2.24. The van der Waals surface area contributed by atoms with E-state index in [1.165, 1.54) is 0 Å². The molecule has 0 bridgehead atoms. The van der Waals surface area contributed by atoms with Gasteiger partial charge in [-0.15, -0.1) is 0 Å². The number of rotatable bonds is 3. The van der Waals surface area contributed by atoms with E-state index in [4.69, 9.17) is 5.73 Å². The first-order valence-corrected chi connectivity index (χ1v) is 7.27. The summed E-state index contributed by atoms with van der Waals surface area (Å²) in [6, 6.07) is 0.332. The van der Waals surface area contributed by atoms with Gasteiger partial charge in [0.1, 0.15) is 12.1 Å². The molecule has 3 rings (SSSR count). The molecule has 0 radical (unpaired) electrons. The fraction of sp³-hybridized carbons (Fsp3) is 0.467. The maximum absolute atomic E-state index is 10.8. The van der Waals surface area contributed by atoms with Gasteiger partial charge in [-0.3, -0.25) is 0 Å². The zero-order valence-electron chi connectivity index (χ0n) is 12.0. The third-order valence-corrected chi connectivity index (χ3v) is 4.13. The average molecular weight is 285 g/mol. The predicted molar refractivity (Wildman–Crippen MR) is 81.9 cm³/mol. The minimum Gasteiger partial charge on any atom is -0.383 e. The number of carbonyl (C=O) groups is 1. The molecule has 2 aromatic heterocycles. The highest BCUT2D eigenvalue weighted by atomic mass is 16.1. The van der Waals surface area contributed by atoms with E-state index >= 15 is 0 Å². The second kappa shape index (κ2) is 5.63. The summed E-state index contributed by atoms with van der Waals surface area (Å²) in [7, 11) is 0. The van der Waals surface area contributed by atoms with Crippen LogP contribution in [0.3, 0.4) is 0 Å². The van der Waals surface area contributed by atoms with Gasteiger partial charge in [-0.1, -0.05) is 0 Å². The van der Waals surface area contributed by atoms with Gasteiger partial charge in [0.15, 0.2) is 0 Å². The molecule has 2 heterocycles. The van der Waals surface area contributed by atoms with Gasteiger partial charge in [-0.25, -0.2) is 15.0 Å². The number of nitrogens with two attached hydrogens (primary N) is 1. The molecule has 0 unspecified atom stereocenters. The lowest BCUT2D eigenvalue weighted by atomic mass is 9.87. The number of aryl methyl sites for hydroxylation is 1. The van der Waals surface area contributed by atoms with Crippen LogP contribution in [0.15, 0.2) is 12.4 Å². The van der Waals surface area contributed by atoms with Crippen LogP contribution in [0.2, 0.25) is 0 Å². The van der Waals surface area contributed by atoms with E-state index in [0.29, 0.717) is 17.8 Å². The van der Waals surface area contributed by atoms with Gasteiger partial charge in [0.05, 0.1) is 10.9 Å². The van der Waals surface area contributed by atoms with E-state index in [2.05, 4.69) is 20.3 Å². The van der Waals surface area contributed by atoms with Crippen LogP contribution in [0.4, 0.5) is 11.8 Å². The van der Waals surface area contributed by atoms with Crippen molar-refractivity contribution in [3.63, 3.8) is 0 Å². The molecule has 0 saturated heterocycles. The van der Waals surface area contributed by atoms with E-state index in [1.807, 2.05) is 6.92 Å². The quantitative estimate of drug-likeness (QED) is 0.839. The summed E-state index contributed by atoms with van der Waals surface area (Å²) in [6.07, 6.45) is 8.34. The first kappa shape index (κ1) is 13.7. The monoisotopic (exact) mass is 285 g/mol. The normalized spacial score (nSPS) is 22.1. The average Bonchev–Trinajstić information content (AvgIpc) is 2.52. The van der Waals surface area contributed by atoms with Crippen LogP contribution >= 0.6 is 0 Å². The molecular formula is C15H19N5O. The van der Waals surface area contributed by atoms with Crippen LogP contribution in [0.25, 0.3) is 10.9 Å². The molecule has 3 N–H and O–H groups in total. The van der Waals surface area contributed by atoms with Crippen LogP contribution in [-0.4, -0.2) is 27.3 Å². The Labute approximate surface area is 123 Å². The van der Waals surface area contributed by atoms with Crippen LogP contribution in [0.5, 0.6) is 0 Å². The number of pyridine rings is 1. The molecule has 1 aliphatic rings. The first-order chi connectivity index (χ1) is 10.2. The third-order valence-electron chi connectivity index (χ3n) is 4.13. The van der Waals surface area contributed by atoms with E-state index in [-0.39, 0.29) is 5.92 Å². The fourth-order valence-electron chi connectivity index (χ4n) is 2.82. The molecule has 110 valence electrons. The molecule has 0 aromatic carbocycles. The molecule has 1 aliphatic carbocycles. The van der Waals surface area contributed by atoms with Crippen molar-refractivity contribution >= 4 is 29.0 Å². The fourth-order valence-corrected chi connectivity index (χ4v) is 2.82. The molecule has 21 heavy (non-hydrogen) atoms. The van der Waals surface area contributed by atoms with Gasteiger partial charge in [0.2, 0.25) is 5.95 Å². The first-order valence-electron chi connectivity index (χ1n) is 7.27. The highest BCUT2D eigenvalue weighted by Gasteiger charge is 2.21. The molecular weight excluding hydrogens is 266 g/mol. The Morgan fingerprint density at radius 3 is 2.71 bits per heavy atom. The Morgan fingerprint density at radius 2 is 2.00 bits per heavy atom. The van der Waals surface area contributed by atoms with Gasteiger partial charge in [0.25, 0.3) is 0 Å². The lowest BCUT2D eigenvalue weighted by Gasteiger charge is -2.26. The van der Waals surface area contributed by atoms with Crippen molar-refractivity contribution in [1.29, 1.82) is 0 Å². The summed E-state index contributed by atoms with van der Waals surface area (Å²) in [5, 5.41) is 4.15. The smallest absolute Gasteiger partial charge is 0.223 e. The largest absolute Gasteiger partial charge is 0.383 e. The molecule has 0 amide bonds. The van der Waals surface area contributed by atoms with E-state index in [0.717, 1.165) is 48.4 Å². The van der Waals surface area contributed by atoms with Crippen LogP contribution in [-0.2, 0) is 4.79 Å². The molecule has 6 heteroatoms. The lowest BCUT2D eigenvalue weighted by Crippen LogP contribution is -2.27. The van der Waals surface area contributed by atoms with Crippen molar-refractivity contribution in [2.24, 2.45) is 5.92 Å². The Bertz CT molecular complexity index is 664. The van der Waals surface area contributed by atoms with Crippen molar-refractivity contribution in [3.05, 3.63) is 18.0 Å².